The van der Waals surface area contributed by atoms with Gasteiger partial charge in [0.05, 0.1) is 31.1 Å². The summed E-state index contributed by atoms with van der Waals surface area (Å²) in [5.74, 6) is 1.10. The van der Waals surface area contributed by atoms with Crippen molar-refractivity contribution in [2.75, 3.05) is 19.7 Å². The van der Waals surface area contributed by atoms with Gasteiger partial charge >= 0.3 is 0 Å². The molecule has 0 saturated carbocycles. The van der Waals surface area contributed by atoms with Crippen LogP contribution in [0.4, 0.5) is 0 Å². The molecule has 2 N–H and O–H groups in total. The molecule has 0 radical (unpaired) electrons. The lowest BCUT2D eigenvalue weighted by molar-refractivity contribution is 0.00726. The van der Waals surface area contributed by atoms with Crippen LogP contribution >= 0.6 is 0 Å². The predicted molar refractivity (Wildman–Crippen MR) is 101 cm³/mol. The minimum Gasteiger partial charge on any atom is -0.389 e. The van der Waals surface area contributed by atoms with Gasteiger partial charge in [-0.15, -0.1) is 0 Å². The van der Waals surface area contributed by atoms with Crippen LogP contribution in [0.5, 0.6) is 0 Å². The average molecular weight is 355 g/mol. The molecule has 2 heterocycles. The number of aromatic nitrogens is 2. The molecular weight excluding hydrogens is 326 g/mol. The second kappa shape index (κ2) is 8.33. The largest absolute Gasteiger partial charge is 0.389 e. The third-order valence-corrected chi connectivity index (χ3v) is 5.52. The molecule has 2 aliphatic rings. The number of benzene rings is 1. The minimum atomic E-state index is -0.469. The molecule has 0 unspecified atom stereocenters. The molecule has 5 nitrogen and oxygen atoms in total. The Morgan fingerprint density at radius 1 is 1.19 bits per heavy atom. The maximum Gasteiger partial charge on any atom is 0.124 e. The van der Waals surface area contributed by atoms with E-state index in [-0.39, 0.29) is 0 Å². The summed E-state index contributed by atoms with van der Waals surface area (Å²) in [5, 5.41) is 10.4. The molecule has 1 aliphatic carbocycles. The Morgan fingerprint density at radius 2 is 2.04 bits per heavy atom. The molecule has 1 aliphatic heterocycles. The summed E-state index contributed by atoms with van der Waals surface area (Å²) in [4.78, 5) is 10.8. The molecule has 2 aromatic rings. The van der Waals surface area contributed by atoms with Crippen molar-refractivity contribution in [3.05, 3.63) is 53.1 Å². The van der Waals surface area contributed by atoms with E-state index >= 15 is 0 Å². The third-order valence-electron chi connectivity index (χ3n) is 5.52. The van der Waals surface area contributed by atoms with Gasteiger partial charge < -0.3 is 14.8 Å². The van der Waals surface area contributed by atoms with Gasteiger partial charge in [-0.25, -0.2) is 4.98 Å². The zero-order chi connectivity index (χ0) is 17.8. The maximum absolute atomic E-state index is 10.4. The summed E-state index contributed by atoms with van der Waals surface area (Å²) >= 11 is 0. The Morgan fingerprint density at radius 3 is 2.88 bits per heavy atom. The van der Waals surface area contributed by atoms with Crippen LogP contribution in [0, 0.1) is 0 Å². The van der Waals surface area contributed by atoms with Crippen molar-refractivity contribution < 1.29 is 9.84 Å². The SMILES string of the molecule is O[C@H](COCc1ccccc1)CN1CCC[C@@H]1c1nc2c([nH]1)CCCC2. The van der Waals surface area contributed by atoms with Gasteiger partial charge in [-0.3, -0.25) is 4.90 Å². The number of aromatic amines is 1. The average Bonchev–Trinajstić information content (AvgIpc) is 3.28. The Hall–Kier alpha value is -1.69. The summed E-state index contributed by atoms with van der Waals surface area (Å²) in [6.07, 6.45) is 6.56. The van der Waals surface area contributed by atoms with Crippen LogP contribution in [0.2, 0.25) is 0 Å². The molecule has 140 valence electrons. The first kappa shape index (κ1) is 17.7. The lowest BCUT2D eigenvalue weighted by Crippen LogP contribution is -2.35. The number of imidazole rings is 1. The van der Waals surface area contributed by atoms with Crippen LogP contribution in [0.3, 0.4) is 0 Å². The zero-order valence-electron chi connectivity index (χ0n) is 15.4. The van der Waals surface area contributed by atoms with E-state index in [1.807, 2.05) is 30.3 Å². The number of likely N-dealkylation sites (tertiary alicyclic amines) is 1. The van der Waals surface area contributed by atoms with E-state index in [2.05, 4.69) is 9.88 Å². The number of fused-ring (bicyclic) bond motifs is 1. The predicted octanol–water partition coefficient (Wildman–Crippen LogP) is 3.00. The molecular formula is C21H29N3O2. The van der Waals surface area contributed by atoms with Gasteiger partial charge in [0.15, 0.2) is 0 Å². The van der Waals surface area contributed by atoms with E-state index in [4.69, 9.17) is 9.72 Å². The highest BCUT2D eigenvalue weighted by molar-refractivity contribution is 5.19. The summed E-state index contributed by atoms with van der Waals surface area (Å²) in [5.41, 5.74) is 3.75. The molecule has 0 bridgehead atoms. The molecule has 5 heteroatoms. The summed E-state index contributed by atoms with van der Waals surface area (Å²) in [7, 11) is 0. The van der Waals surface area contributed by atoms with Crippen LogP contribution in [0.1, 0.15) is 54.5 Å². The first-order valence-electron chi connectivity index (χ1n) is 9.91. The standard InChI is InChI=1S/C21H29N3O2/c25-17(15-26-14-16-7-2-1-3-8-16)13-24-12-6-11-20(24)21-22-18-9-4-5-10-19(18)23-21/h1-3,7-8,17,20,25H,4-6,9-15H2,(H,22,23)/t17-,20+/m0/s1. The number of nitrogens with one attached hydrogen (secondary N) is 1. The van der Waals surface area contributed by atoms with Gasteiger partial charge in [0.25, 0.3) is 0 Å². The van der Waals surface area contributed by atoms with E-state index in [1.54, 1.807) is 0 Å². The summed E-state index contributed by atoms with van der Waals surface area (Å²) < 4.78 is 5.70. The second-order valence-corrected chi connectivity index (χ2v) is 7.56. The highest BCUT2D eigenvalue weighted by Crippen LogP contribution is 2.32. The topological polar surface area (TPSA) is 61.4 Å². The van der Waals surface area contributed by atoms with Gasteiger partial charge in [-0.05, 0) is 50.6 Å². The van der Waals surface area contributed by atoms with Crippen molar-refractivity contribution in [1.29, 1.82) is 0 Å². The van der Waals surface area contributed by atoms with Crippen LogP contribution < -0.4 is 0 Å². The lowest BCUT2D eigenvalue weighted by Gasteiger charge is -2.25. The molecule has 1 fully saturated rings. The van der Waals surface area contributed by atoms with Crippen molar-refractivity contribution >= 4 is 0 Å². The van der Waals surface area contributed by atoms with Crippen LogP contribution in [-0.2, 0) is 24.2 Å². The highest BCUT2D eigenvalue weighted by atomic mass is 16.5. The highest BCUT2D eigenvalue weighted by Gasteiger charge is 2.30. The Balaban J connectivity index is 1.30. The van der Waals surface area contributed by atoms with E-state index in [9.17, 15) is 5.11 Å². The number of aliphatic hydroxyl groups is 1. The molecule has 0 spiro atoms. The number of aliphatic hydroxyl groups excluding tert-OH is 1. The smallest absolute Gasteiger partial charge is 0.124 e. The molecule has 1 aromatic carbocycles. The quantitative estimate of drug-likeness (QED) is 0.801. The first-order valence-corrected chi connectivity index (χ1v) is 9.91. The van der Waals surface area contributed by atoms with Gasteiger partial charge in [0.1, 0.15) is 5.82 Å². The molecule has 1 saturated heterocycles. The summed E-state index contributed by atoms with van der Waals surface area (Å²) in [6.45, 7) is 2.58. The third kappa shape index (κ3) is 4.17. The molecule has 26 heavy (non-hydrogen) atoms. The number of H-pyrrole nitrogens is 1. The number of rotatable bonds is 7. The van der Waals surface area contributed by atoms with Gasteiger partial charge in [-0.1, -0.05) is 30.3 Å². The monoisotopic (exact) mass is 355 g/mol. The fourth-order valence-corrected chi connectivity index (χ4v) is 4.20. The number of ether oxygens (including phenoxy) is 1. The Bertz CT molecular complexity index is 677. The summed E-state index contributed by atoms with van der Waals surface area (Å²) in [6, 6.07) is 10.4. The van der Waals surface area contributed by atoms with Crippen molar-refractivity contribution in [1.82, 2.24) is 14.9 Å². The number of hydrogen-bond donors (Lipinski definition) is 2. The van der Waals surface area contributed by atoms with E-state index in [0.717, 1.165) is 43.6 Å². The van der Waals surface area contributed by atoms with Crippen LogP contribution in [0.25, 0.3) is 0 Å². The van der Waals surface area contributed by atoms with E-state index < -0.39 is 6.10 Å². The van der Waals surface area contributed by atoms with Gasteiger partial charge in [0, 0.05) is 12.2 Å². The Labute approximate surface area is 155 Å². The van der Waals surface area contributed by atoms with Crippen molar-refractivity contribution in [2.24, 2.45) is 0 Å². The van der Waals surface area contributed by atoms with Gasteiger partial charge in [0.2, 0.25) is 0 Å². The van der Waals surface area contributed by atoms with E-state index in [1.165, 1.54) is 24.2 Å². The molecule has 1 aromatic heterocycles. The fraction of sp³-hybridized carbons (Fsp3) is 0.571. The first-order chi connectivity index (χ1) is 12.8. The minimum absolute atomic E-state index is 0.310. The second-order valence-electron chi connectivity index (χ2n) is 7.56. The van der Waals surface area contributed by atoms with Crippen molar-refractivity contribution in [3.8, 4) is 0 Å². The number of nitrogens with zero attached hydrogens (tertiary/aromatic N) is 2. The molecule has 2 atom stereocenters. The van der Waals surface area contributed by atoms with Gasteiger partial charge in [-0.2, -0.15) is 0 Å². The van der Waals surface area contributed by atoms with Crippen molar-refractivity contribution in [2.45, 2.75) is 57.3 Å². The maximum atomic E-state index is 10.4. The van der Waals surface area contributed by atoms with Crippen LogP contribution in [-0.4, -0.2) is 45.8 Å². The van der Waals surface area contributed by atoms with Crippen LogP contribution in [0.15, 0.2) is 30.3 Å². The zero-order valence-corrected chi connectivity index (χ0v) is 15.4. The lowest BCUT2D eigenvalue weighted by atomic mass is 10.0. The number of β-amino-alcohol motifs (C(OH)–C–C–N with tert-alkyl or cyclic N) is 1. The Kier molecular flexibility index (Phi) is 5.68. The normalized spacial score (nSPS) is 21.7. The molecule has 4 rings (SSSR count). The number of hydrogen-bond acceptors (Lipinski definition) is 4. The fourth-order valence-electron chi connectivity index (χ4n) is 4.20. The number of aryl methyl sites for hydroxylation is 2. The van der Waals surface area contributed by atoms with E-state index in [0.29, 0.717) is 25.8 Å². The molecule has 0 amide bonds. The van der Waals surface area contributed by atoms with Crippen molar-refractivity contribution in [3.63, 3.8) is 0 Å².